The van der Waals surface area contributed by atoms with Gasteiger partial charge in [-0.25, -0.2) is 0 Å². The molecule has 0 N–H and O–H groups in total. The van der Waals surface area contributed by atoms with E-state index < -0.39 is 15.8 Å². The molecule has 2 aliphatic heterocycles. The summed E-state index contributed by atoms with van der Waals surface area (Å²) in [7, 11) is -1.74. The summed E-state index contributed by atoms with van der Waals surface area (Å²) in [4.78, 5) is 0. The SMILES string of the molecule is CC(C)(C)c1cc(Pc2cc(C(C)(C)C)cc3c2Oc2c(P(c4ccccc4)c4ccccc4)cc(C(C)(C)C)cc2C3(C)C)c2c(c1)C(C)(C)c1cc(C(C)(C)C)cc(P(c3ccccc3)c3ccccc3)c1O2. The lowest BCUT2D eigenvalue weighted by Gasteiger charge is -2.41. The third kappa shape index (κ3) is 10.00. The zero-order chi connectivity index (χ0) is 53.6. The predicted octanol–water partition coefficient (Wildman–Crippen LogP) is 15.9. The molecule has 8 aromatic carbocycles. The molecule has 0 fully saturated rings. The second kappa shape index (κ2) is 19.3. The molecule has 0 saturated heterocycles. The minimum Gasteiger partial charge on any atom is -0.455 e. The number of rotatable bonds is 8. The van der Waals surface area contributed by atoms with Crippen LogP contribution in [0.1, 0.15) is 155 Å². The maximum atomic E-state index is 7.82. The maximum absolute atomic E-state index is 7.82. The molecule has 0 spiro atoms. The van der Waals surface area contributed by atoms with Crippen molar-refractivity contribution in [2.24, 2.45) is 0 Å². The summed E-state index contributed by atoms with van der Waals surface area (Å²) < 4.78 is 15.6. The molecule has 0 bridgehead atoms. The Balaban J connectivity index is 1.22. The van der Waals surface area contributed by atoms with Crippen LogP contribution >= 0.6 is 24.4 Å². The van der Waals surface area contributed by atoms with Crippen molar-refractivity contribution in [2.75, 3.05) is 0 Å². The van der Waals surface area contributed by atoms with E-state index in [2.05, 4.69) is 281 Å². The fourth-order valence-corrected chi connectivity index (χ4v) is 17.0. The molecule has 0 unspecified atom stereocenters. The second-order valence-corrected chi connectivity index (χ2v) is 31.8. The van der Waals surface area contributed by atoms with Crippen molar-refractivity contribution in [1.82, 2.24) is 0 Å². The zero-order valence-corrected chi connectivity index (χ0v) is 50.2. The van der Waals surface area contributed by atoms with Crippen molar-refractivity contribution in [3.05, 3.63) is 214 Å². The molecule has 2 nitrogen and oxygen atoms in total. The smallest absolute Gasteiger partial charge is 0.139 e. The molecular weight excluding hydrogens is 966 g/mol. The first-order valence-electron chi connectivity index (χ1n) is 26.9. The Bertz CT molecular complexity index is 3110. The van der Waals surface area contributed by atoms with E-state index in [4.69, 9.17) is 9.47 Å². The Morgan fingerprint density at radius 1 is 0.320 bits per heavy atom. The lowest BCUT2D eigenvalue weighted by Crippen LogP contribution is -2.34. The molecule has 2 heterocycles. The Labute approximate surface area is 454 Å². The average molecular weight is 1040 g/mol. The molecule has 0 amide bonds. The van der Waals surface area contributed by atoms with Crippen molar-refractivity contribution < 1.29 is 9.47 Å². The Hall–Kier alpha value is -5.35. The van der Waals surface area contributed by atoms with E-state index in [1.54, 1.807) is 0 Å². The van der Waals surface area contributed by atoms with Gasteiger partial charge in [0, 0.05) is 54.3 Å². The first-order chi connectivity index (χ1) is 35.2. The highest BCUT2D eigenvalue weighted by molar-refractivity contribution is 7.80. The lowest BCUT2D eigenvalue weighted by atomic mass is 9.72. The van der Waals surface area contributed by atoms with Gasteiger partial charge in [0.2, 0.25) is 0 Å². The molecule has 0 aliphatic carbocycles. The van der Waals surface area contributed by atoms with Gasteiger partial charge >= 0.3 is 0 Å². The maximum Gasteiger partial charge on any atom is 0.139 e. The van der Waals surface area contributed by atoms with E-state index in [0.717, 1.165) is 23.0 Å². The minimum absolute atomic E-state index is 0.0879. The molecule has 0 radical (unpaired) electrons. The van der Waals surface area contributed by atoms with Crippen LogP contribution in [-0.2, 0) is 32.5 Å². The Morgan fingerprint density at radius 2 is 0.560 bits per heavy atom. The van der Waals surface area contributed by atoms with Crippen molar-refractivity contribution >= 4 is 66.9 Å². The minimum atomic E-state index is -0.991. The molecule has 0 aromatic heterocycles. The highest BCUT2D eigenvalue weighted by Gasteiger charge is 2.43. The normalized spacial score (nSPS) is 14.9. The van der Waals surface area contributed by atoms with Crippen LogP contribution in [0.4, 0.5) is 0 Å². The van der Waals surface area contributed by atoms with Gasteiger partial charge in [-0.3, -0.25) is 0 Å². The molecule has 10 rings (SSSR count). The van der Waals surface area contributed by atoms with Crippen LogP contribution in [0.25, 0.3) is 0 Å². The van der Waals surface area contributed by atoms with Gasteiger partial charge in [-0.15, -0.1) is 0 Å². The van der Waals surface area contributed by atoms with Crippen LogP contribution in [0.15, 0.2) is 170 Å². The summed E-state index contributed by atoms with van der Waals surface area (Å²) in [5.41, 5.74) is 9.08. The van der Waals surface area contributed by atoms with E-state index in [1.165, 1.54) is 86.9 Å². The topological polar surface area (TPSA) is 18.5 Å². The summed E-state index contributed by atoms with van der Waals surface area (Å²) in [6.45, 7) is 37.9. The quantitative estimate of drug-likeness (QED) is 0.141. The molecule has 75 heavy (non-hydrogen) atoms. The number of hydrogen-bond donors (Lipinski definition) is 0. The van der Waals surface area contributed by atoms with Gasteiger partial charge in [-0.05, 0) is 105 Å². The third-order valence-electron chi connectivity index (χ3n) is 15.7. The molecular formula is C70H77O2P3. The summed E-state index contributed by atoms with van der Waals surface area (Å²) in [5.74, 6) is 3.97. The monoisotopic (exact) mass is 1040 g/mol. The number of hydrogen-bond acceptors (Lipinski definition) is 2. The van der Waals surface area contributed by atoms with Crippen LogP contribution in [0, 0.1) is 0 Å². The van der Waals surface area contributed by atoms with E-state index in [-0.39, 0.29) is 41.1 Å². The van der Waals surface area contributed by atoms with Crippen LogP contribution in [0.5, 0.6) is 23.0 Å². The number of ether oxygens (including phenoxy) is 2. The number of benzene rings is 8. The fourth-order valence-electron chi connectivity index (χ4n) is 10.8. The van der Waals surface area contributed by atoms with Crippen molar-refractivity contribution in [1.29, 1.82) is 0 Å². The molecule has 5 heteroatoms. The third-order valence-corrected chi connectivity index (χ3v) is 21.9. The largest absolute Gasteiger partial charge is 0.455 e. The van der Waals surface area contributed by atoms with Crippen LogP contribution < -0.4 is 51.9 Å². The zero-order valence-electron chi connectivity index (χ0n) is 47.4. The second-order valence-electron chi connectivity index (χ2n) is 26.1. The lowest BCUT2D eigenvalue weighted by molar-refractivity contribution is 0.421. The Morgan fingerprint density at radius 3 is 0.813 bits per heavy atom. The molecule has 384 valence electrons. The van der Waals surface area contributed by atoms with Crippen LogP contribution in [0.2, 0.25) is 0 Å². The highest BCUT2D eigenvalue weighted by atomic mass is 31.1. The van der Waals surface area contributed by atoms with Gasteiger partial charge in [0.1, 0.15) is 23.0 Å². The summed E-state index contributed by atoms with van der Waals surface area (Å²) in [5, 5.41) is 10.2. The molecule has 2 aliphatic rings. The number of fused-ring (bicyclic) bond motifs is 4. The molecule has 8 aromatic rings. The van der Waals surface area contributed by atoms with Crippen molar-refractivity contribution in [3.8, 4) is 23.0 Å². The standard InChI is InChI=1S/C70H77O2P3/c1-65(2,3)45-37-53-61(71-63-55(69(53,13)14)39-47(67(7,8)9)43-59(63)74(49-29-21-17-22-30-49)50-31-23-18-24-32-50)57(41-45)73-58-42-46(66(4,5)6)38-54-62(58)72-64-56(70(54,15)16)40-48(68(10,11)12)44-60(64)75(51-33-25-19-26-34-51)52-35-27-20-28-36-52/h17-44,73H,1-16H3. The van der Waals surface area contributed by atoms with Gasteiger partial charge in [-0.1, -0.05) is 265 Å². The van der Waals surface area contributed by atoms with Crippen molar-refractivity contribution in [3.63, 3.8) is 0 Å². The van der Waals surface area contributed by atoms with E-state index >= 15 is 0 Å². The van der Waals surface area contributed by atoms with Gasteiger partial charge in [0.25, 0.3) is 0 Å². The first-order valence-corrected chi connectivity index (χ1v) is 30.6. The average Bonchev–Trinajstić information content (AvgIpc) is 3.35. The van der Waals surface area contributed by atoms with Gasteiger partial charge in [-0.2, -0.15) is 0 Å². The molecule has 0 atom stereocenters. The molecule has 0 saturated carbocycles. The van der Waals surface area contributed by atoms with Gasteiger partial charge in [0.15, 0.2) is 0 Å². The van der Waals surface area contributed by atoms with Gasteiger partial charge in [0.05, 0.1) is 0 Å². The van der Waals surface area contributed by atoms with Crippen molar-refractivity contribution in [2.45, 2.75) is 143 Å². The summed E-state index contributed by atoms with van der Waals surface area (Å²) in [6, 6.07) is 64.3. The Kier molecular flexibility index (Phi) is 13.6. The van der Waals surface area contributed by atoms with E-state index in [0.29, 0.717) is 0 Å². The fraction of sp³-hybridized carbons (Fsp3) is 0.314. The van der Waals surface area contributed by atoms with Gasteiger partial charge < -0.3 is 9.47 Å². The van der Waals surface area contributed by atoms with E-state index in [1.807, 2.05) is 0 Å². The van der Waals surface area contributed by atoms with E-state index in [9.17, 15) is 0 Å². The first kappa shape index (κ1) is 53.1. The van der Waals surface area contributed by atoms with Crippen LogP contribution in [0.3, 0.4) is 0 Å². The highest BCUT2D eigenvalue weighted by Crippen LogP contribution is 2.56. The predicted molar refractivity (Wildman–Crippen MR) is 330 cm³/mol. The van der Waals surface area contributed by atoms with Crippen LogP contribution in [-0.4, -0.2) is 0 Å². The summed E-state index contributed by atoms with van der Waals surface area (Å²) in [6.07, 6.45) is 0. The summed E-state index contributed by atoms with van der Waals surface area (Å²) >= 11 is 0.